The van der Waals surface area contributed by atoms with E-state index in [-0.39, 0.29) is 17.2 Å². The number of ketones is 1. The number of halogens is 1. The fraction of sp³-hybridized carbons (Fsp3) is 0.417. The summed E-state index contributed by atoms with van der Waals surface area (Å²) in [5, 5.41) is 4.00. The van der Waals surface area contributed by atoms with Crippen molar-refractivity contribution in [2.24, 2.45) is 5.41 Å². The zero-order valence-electron chi connectivity index (χ0n) is 8.51. The predicted octanol–water partition coefficient (Wildman–Crippen LogP) is 3.12. The molecule has 0 aromatic heterocycles. The van der Waals surface area contributed by atoms with Crippen molar-refractivity contribution < 1.29 is 4.79 Å². The normalized spacial score (nSPS) is 26.0. The van der Waals surface area contributed by atoms with E-state index in [2.05, 4.69) is 12.2 Å². The first kappa shape index (κ1) is 9.22. The molecule has 1 atom stereocenters. The van der Waals surface area contributed by atoms with Crippen molar-refractivity contribution in [2.45, 2.75) is 25.8 Å². The van der Waals surface area contributed by atoms with Crippen LogP contribution < -0.4 is 5.32 Å². The van der Waals surface area contributed by atoms with Crippen LogP contribution in [0, 0.1) is 5.41 Å². The molecule has 0 saturated heterocycles. The van der Waals surface area contributed by atoms with Crippen LogP contribution in [-0.4, -0.2) is 11.8 Å². The summed E-state index contributed by atoms with van der Waals surface area (Å²) in [7, 11) is 0. The maximum Gasteiger partial charge on any atom is 0.173 e. The summed E-state index contributed by atoms with van der Waals surface area (Å²) >= 11 is 6.07. The van der Waals surface area contributed by atoms with Crippen LogP contribution in [0.2, 0.25) is 5.02 Å². The van der Waals surface area contributed by atoms with Crippen LogP contribution in [-0.2, 0) is 0 Å². The zero-order chi connectivity index (χ0) is 10.6. The lowest BCUT2D eigenvalue weighted by molar-refractivity contribution is 0.0881. The maximum atomic E-state index is 12.3. The lowest BCUT2D eigenvalue weighted by atomic mass is 9.84. The van der Waals surface area contributed by atoms with Gasteiger partial charge in [-0.25, -0.2) is 0 Å². The van der Waals surface area contributed by atoms with Gasteiger partial charge in [-0.15, -0.1) is 0 Å². The first-order valence-corrected chi connectivity index (χ1v) is 5.63. The number of anilines is 1. The number of nitrogens with one attached hydrogen (secondary N) is 1. The average Bonchev–Trinajstić information content (AvgIpc) is 2.99. The van der Waals surface area contributed by atoms with E-state index in [1.807, 2.05) is 18.2 Å². The molecule has 1 fully saturated rings. The smallest absolute Gasteiger partial charge is 0.173 e. The van der Waals surface area contributed by atoms with Gasteiger partial charge < -0.3 is 5.32 Å². The molecule has 3 rings (SSSR count). The second-order valence-electron chi connectivity index (χ2n) is 4.51. The van der Waals surface area contributed by atoms with Crippen LogP contribution in [0.5, 0.6) is 0 Å². The van der Waals surface area contributed by atoms with E-state index < -0.39 is 0 Å². The molecule has 2 aliphatic rings. The van der Waals surface area contributed by atoms with Crippen molar-refractivity contribution in [3.8, 4) is 0 Å². The number of rotatable bonds is 0. The zero-order valence-corrected chi connectivity index (χ0v) is 9.27. The van der Waals surface area contributed by atoms with Gasteiger partial charge >= 0.3 is 0 Å². The Balaban J connectivity index is 2.18. The molecule has 1 heterocycles. The standard InChI is InChI=1S/C12H12ClNO/c1-7-12(5-6-12)11(15)8-3-2-4-9(13)10(8)14-7/h2-4,7,14H,5-6H2,1H3. The molecule has 15 heavy (non-hydrogen) atoms. The Labute approximate surface area is 93.6 Å². The number of carbonyl (C=O) groups is 1. The predicted molar refractivity (Wildman–Crippen MR) is 60.5 cm³/mol. The van der Waals surface area contributed by atoms with Gasteiger partial charge in [-0.1, -0.05) is 17.7 Å². The van der Waals surface area contributed by atoms with Gasteiger partial charge in [-0.3, -0.25) is 4.79 Å². The van der Waals surface area contributed by atoms with Gasteiger partial charge in [0, 0.05) is 11.6 Å². The second kappa shape index (κ2) is 2.76. The average molecular weight is 222 g/mol. The van der Waals surface area contributed by atoms with Gasteiger partial charge in [0.25, 0.3) is 0 Å². The molecule has 1 N–H and O–H groups in total. The van der Waals surface area contributed by atoms with Gasteiger partial charge in [-0.2, -0.15) is 0 Å². The molecule has 2 nitrogen and oxygen atoms in total. The molecule has 1 aromatic rings. The van der Waals surface area contributed by atoms with Crippen molar-refractivity contribution in [2.75, 3.05) is 5.32 Å². The Bertz CT molecular complexity index is 451. The molecule has 1 spiro atoms. The molecule has 3 heteroatoms. The molecule has 1 saturated carbocycles. The Hall–Kier alpha value is -1.02. The van der Waals surface area contributed by atoms with Crippen molar-refractivity contribution in [1.82, 2.24) is 0 Å². The van der Waals surface area contributed by atoms with Gasteiger partial charge in [0.1, 0.15) is 0 Å². The van der Waals surface area contributed by atoms with E-state index in [0.717, 1.165) is 24.1 Å². The largest absolute Gasteiger partial charge is 0.380 e. The first-order chi connectivity index (χ1) is 7.15. The quantitative estimate of drug-likeness (QED) is 0.730. The molecule has 1 aliphatic heterocycles. The Morgan fingerprint density at radius 3 is 2.87 bits per heavy atom. The monoisotopic (exact) mass is 221 g/mol. The SMILES string of the molecule is CC1Nc2c(Cl)cccc2C(=O)C12CC2. The van der Waals surface area contributed by atoms with Gasteiger partial charge in [0.2, 0.25) is 0 Å². The van der Waals surface area contributed by atoms with Crippen molar-refractivity contribution >= 4 is 23.1 Å². The fourth-order valence-corrected chi connectivity index (χ4v) is 2.70. The van der Waals surface area contributed by atoms with E-state index >= 15 is 0 Å². The molecule has 0 amide bonds. The molecule has 0 bridgehead atoms. The third-order valence-electron chi connectivity index (χ3n) is 3.69. The highest BCUT2D eigenvalue weighted by atomic mass is 35.5. The highest BCUT2D eigenvalue weighted by Crippen LogP contribution is 2.55. The van der Waals surface area contributed by atoms with E-state index in [1.54, 1.807) is 0 Å². The van der Waals surface area contributed by atoms with Gasteiger partial charge in [0.05, 0.1) is 16.1 Å². The number of carbonyl (C=O) groups excluding carboxylic acids is 1. The number of para-hydroxylation sites is 1. The molecular weight excluding hydrogens is 210 g/mol. The number of fused-ring (bicyclic) bond motifs is 1. The third-order valence-corrected chi connectivity index (χ3v) is 4.00. The summed E-state index contributed by atoms with van der Waals surface area (Å²) in [4.78, 5) is 12.3. The van der Waals surface area contributed by atoms with Gasteiger partial charge in [0.15, 0.2) is 5.78 Å². The maximum absolute atomic E-state index is 12.3. The Kier molecular flexibility index (Phi) is 1.70. The number of hydrogen-bond acceptors (Lipinski definition) is 2. The minimum atomic E-state index is -0.127. The molecule has 1 unspecified atom stereocenters. The number of hydrogen-bond donors (Lipinski definition) is 1. The van der Waals surface area contributed by atoms with Crippen molar-refractivity contribution in [3.05, 3.63) is 28.8 Å². The van der Waals surface area contributed by atoms with E-state index in [1.165, 1.54) is 0 Å². The summed E-state index contributed by atoms with van der Waals surface area (Å²) in [6, 6.07) is 5.73. The van der Waals surface area contributed by atoms with Crippen LogP contribution in [0.25, 0.3) is 0 Å². The molecule has 1 aromatic carbocycles. The van der Waals surface area contributed by atoms with Crippen LogP contribution >= 0.6 is 11.6 Å². The Morgan fingerprint density at radius 2 is 2.20 bits per heavy atom. The van der Waals surface area contributed by atoms with Crippen molar-refractivity contribution in [3.63, 3.8) is 0 Å². The lowest BCUT2D eigenvalue weighted by Crippen LogP contribution is -2.39. The van der Waals surface area contributed by atoms with Crippen LogP contribution in [0.4, 0.5) is 5.69 Å². The number of benzene rings is 1. The van der Waals surface area contributed by atoms with E-state index in [9.17, 15) is 4.79 Å². The summed E-state index contributed by atoms with van der Waals surface area (Å²) < 4.78 is 0. The summed E-state index contributed by atoms with van der Waals surface area (Å²) in [5.74, 6) is 0.270. The molecule has 0 radical (unpaired) electrons. The second-order valence-corrected chi connectivity index (χ2v) is 4.92. The summed E-state index contributed by atoms with van der Waals surface area (Å²) in [6.45, 7) is 2.07. The highest BCUT2D eigenvalue weighted by molar-refractivity contribution is 6.34. The first-order valence-electron chi connectivity index (χ1n) is 5.25. The van der Waals surface area contributed by atoms with Crippen molar-refractivity contribution in [1.29, 1.82) is 0 Å². The lowest BCUT2D eigenvalue weighted by Gasteiger charge is -2.31. The molecule has 1 aliphatic carbocycles. The minimum absolute atomic E-state index is 0.127. The van der Waals surface area contributed by atoms with Crippen LogP contribution in [0.1, 0.15) is 30.1 Å². The molecule has 78 valence electrons. The highest BCUT2D eigenvalue weighted by Gasteiger charge is 2.56. The fourth-order valence-electron chi connectivity index (χ4n) is 2.47. The molecular formula is C12H12ClNO. The minimum Gasteiger partial charge on any atom is -0.380 e. The van der Waals surface area contributed by atoms with E-state index in [4.69, 9.17) is 11.6 Å². The van der Waals surface area contributed by atoms with Gasteiger partial charge in [-0.05, 0) is 31.9 Å². The Morgan fingerprint density at radius 1 is 1.47 bits per heavy atom. The summed E-state index contributed by atoms with van der Waals surface area (Å²) in [5.41, 5.74) is 1.45. The van der Waals surface area contributed by atoms with Crippen LogP contribution in [0.15, 0.2) is 18.2 Å². The summed E-state index contributed by atoms with van der Waals surface area (Å²) in [6.07, 6.45) is 2.01. The topological polar surface area (TPSA) is 29.1 Å². The third kappa shape index (κ3) is 1.08. The van der Waals surface area contributed by atoms with Crippen LogP contribution in [0.3, 0.4) is 0 Å². The number of Topliss-reactive ketones (excluding diaryl/α,β-unsaturated/α-hetero) is 1. The van der Waals surface area contributed by atoms with E-state index in [0.29, 0.717) is 5.02 Å².